The van der Waals surface area contributed by atoms with Gasteiger partial charge in [-0.3, -0.25) is 9.59 Å². The van der Waals surface area contributed by atoms with Crippen LogP contribution in [0.25, 0.3) is 0 Å². The van der Waals surface area contributed by atoms with E-state index in [-0.39, 0.29) is 17.1 Å². The van der Waals surface area contributed by atoms with Crippen LogP contribution in [0.4, 0.5) is 13.2 Å². The minimum absolute atomic E-state index is 0.103. The number of hydrogen-bond acceptors (Lipinski definition) is 3. The molecule has 0 aliphatic carbocycles. The Bertz CT molecular complexity index is 512. The largest absolute Gasteiger partial charge is 0.574 e. The number of hydrogen-bond donors (Lipinski definition) is 2. The molecular formula is C9H7ClF3NO4. The summed E-state index contributed by atoms with van der Waals surface area (Å²) in [7, 11) is 0. The average Bonchev–Trinajstić information content (AvgIpc) is 2.13. The minimum Gasteiger partial charge on any atom is -0.481 e. The Morgan fingerprint density at radius 2 is 2.11 bits per heavy atom. The van der Waals surface area contributed by atoms with E-state index in [9.17, 15) is 22.8 Å². The van der Waals surface area contributed by atoms with Gasteiger partial charge in [0.1, 0.15) is 0 Å². The molecule has 0 saturated carbocycles. The molecule has 100 valence electrons. The van der Waals surface area contributed by atoms with Gasteiger partial charge in [-0.1, -0.05) is 0 Å². The number of carboxylic acid groups (broad SMARTS) is 1. The van der Waals surface area contributed by atoms with Gasteiger partial charge in [-0.2, -0.15) is 0 Å². The summed E-state index contributed by atoms with van der Waals surface area (Å²) in [5, 5.41) is 8.57. The Kier molecular flexibility index (Phi) is 4.23. The van der Waals surface area contributed by atoms with Gasteiger partial charge in [-0.05, 0) is 0 Å². The number of rotatable bonds is 4. The number of ether oxygens (including phenoxy) is 1. The molecule has 0 atom stereocenters. The Hall–Kier alpha value is -1.70. The molecule has 9 heteroatoms. The van der Waals surface area contributed by atoms with E-state index >= 15 is 0 Å². The number of nitrogens with one attached hydrogen (secondary N) is 1. The van der Waals surface area contributed by atoms with Crippen molar-refractivity contribution in [3.63, 3.8) is 0 Å². The highest BCUT2D eigenvalue weighted by atomic mass is 35.5. The number of halogens is 4. The molecule has 0 amide bonds. The molecule has 0 spiro atoms. The number of aliphatic carboxylic acids is 1. The summed E-state index contributed by atoms with van der Waals surface area (Å²) < 4.78 is 39.4. The molecule has 0 saturated heterocycles. The number of aromatic nitrogens is 1. The summed E-state index contributed by atoms with van der Waals surface area (Å²) in [4.78, 5) is 24.0. The van der Waals surface area contributed by atoms with Crippen molar-refractivity contribution in [2.45, 2.75) is 18.7 Å². The molecule has 1 aromatic heterocycles. The summed E-state index contributed by atoms with van der Waals surface area (Å²) in [6.07, 6.45) is -5.64. The zero-order chi connectivity index (χ0) is 13.9. The van der Waals surface area contributed by atoms with Gasteiger partial charge in [0.25, 0.3) is 0 Å². The van der Waals surface area contributed by atoms with Gasteiger partial charge in [0.15, 0.2) is 5.43 Å². The lowest BCUT2D eigenvalue weighted by Crippen LogP contribution is -2.22. The second-order valence-corrected chi connectivity index (χ2v) is 3.47. The molecule has 0 aliphatic rings. The Morgan fingerprint density at radius 1 is 1.50 bits per heavy atom. The van der Waals surface area contributed by atoms with Crippen molar-refractivity contribution in [2.75, 3.05) is 0 Å². The van der Waals surface area contributed by atoms with Gasteiger partial charge < -0.3 is 14.8 Å². The SMILES string of the molecule is O=C(O)Cc1[nH]c(OC(F)(F)F)cc(=O)c1CCl. The molecular weight excluding hydrogens is 279 g/mol. The maximum atomic E-state index is 12.0. The van der Waals surface area contributed by atoms with E-state index in [1.165, 1.54) is 0 Å². The number of alkyl halides is 4. The molecule has 2 N–H and O–H groups in total. The Balaban J connectivity index is 3.21. The molecule has 0 radical (unpaired) electrons. The molecule has 0 unspecified atom stereocenters. The van der Waals surface area contributed by atoms with Gasteiger partial charge in [0.2, 0.25) is 5.88 Å². The topological polar surface area (TPSA) is 79.4 Å². The van der Waals surface area contributed by atoms with Crippen LogP contribution < -0.4 is 10.2 Å². The normalized spacial score (nSPS) is 11.3. The Labute approximate surface area is 103 Å². The van der Waals surface area contributed by atoms with Crippen LogP contribution >= 0.6 is 11.6 Å². The highest BCUT2D eigenvalue weighted by molar-refractivity contribution is 6.17. The van der Waals surface area contributed by atoms with Gasteiger partial charge in [0, 0.05) is 17.3 Å². The van der Waals surface area contributed by atoms with Crippen LogP contribution in [-0.2, 0) is 17.1 Å². The standard InChI is InChI=1S/C9H7ClF3NO4/c10-3-4-5(1-8(16)17)14-7(2-6(4)15)18-9(11,12)13/h2H,1,3H2,(H,14,15)(H,16,17). The molecule has 0 aromatic carbocycles. The third kappa shape index (κ3) is 3.95. The first-order valence-electron chi connectivity index (χ1n) is 4.51. The van der Waals surface area contributed by atoms with Crippen molar-refractivity contribution in [2.24, 2.45) is 0 Å². The highest BCUT2D eigenvalue weighted by Gasteiger charge is 2.32. The smallest absolute Gasteiger partial charge is 0.481 e. The number of aromatic amines is 1. The van der Waals surface area contributed by atoms with Crippen LogP contribution in [0.2, 0.25) is 0 Å². The van der Waals surface area contributed by atoms with Crippen LogP contribution in [0.3, 0.4) is 0 Å². The van der Waals surface area contributed by atoms with Crippen LogP contribution in [0.5, 0.6) is 5.88 Å². The van der Waals surface area contributed by atoms with Crippen LogP contribution in [0.15, 0.2) is 10.9 Å². The van der Waals surface area contributed by atoms with Gasteiger partial charge in [-0.15, -0.1) is 24.8 Å². The van der Waals surface area contributed by atoms with Crippen LogP contribution in [0.1, 0.15) is 11.3 Å². The monoisotopic (exact) mass is 285 g/mol. The fourth-order valence-corrected chi connectivity index (χ4v) is 1.54. The lowest BCUT2D eigenvalue weighted by molar-refractivity contribution is -0.276. The summed E-state index contributed by atoms with van der Waals surface area (Å²) >= 11 is 5.43. The summed E-state index contributed by atoms with van der Waals surface area (Å²) in [5.74, 6) is -2.51. The van der Waals surface area contributed by atoms with Crippen molar-refractivity contribution in [1.29, 1.82) is 0 Å². The lowest BCUT2D eigenvalue weighted by Gasteiger charge is -2.11. The molecule has 1 rings (SSSR count). The van der Waals surface area contributed by atoms with E-state index < -0.39 is 30.1 Å². The van der Waals surface area contributed by atoms with E-state index in [0.717, 1.165) is 0 Å². The van der Waals surface area contributed by atoms with Gasteiger partial charge in [0.05, 0.1) is 12.3 Å². The fourth-order valence-electron chi connectivity index (χ4n) is 1.24. The minimum atomic E-state index is -4.98. The van der Waals surface area contributed by atoms with Crippen molar-refractivity contribution in [1.82, 2.24) is 4.98 Å². The second-order valence-electron chi connectivity index (χ2n) is 3.21. The zero-order valence-corrected chi connectivity index (χ0v) is 9.43. The van der Waals surface area contributed by atoms with Crippen molar-refractivity contribution < 1.29 is 27.8 Å². The van der Waals surface area contributed by atoms with Crippen molar-refractivity contribution in [3.05, 3.63) is 27.5 Å². The summed E-state index contributed by atoms with van der Waals surface area (Å²) in [6.45, 7) is 0. The van der Waals surface area contributed by atoms with E-state index in [4.69, 9.17) is 16.7 Å². The first kappa shape index (κ1) is 14.4. The predicted octanol–water partition coefficient (Wildman–Crippen LogP) is 1.64. The Morgan fingerprint density at radius 3 is 2.56 bits per heavy atom. The van der Waals surface area contributed by atoms with Crippen LogP contribution in [0, 0.1) is 0 Å². The van der Waals surface area contributed by atoms with Gasteiger partial charge in [-0.25, -0.2) is 0 Å². The van der Waals surface area contributed by atoms with E-state index in [1.807, 2.05) is 0 Å². The highest BCUT2D eigenvalue weighted by Crippen LogP contribution is 2.21. The van der Waals surface area contributed by atoms with Gasteiger partial charge >= 0.3 is 12.3 Å². The predicted molar refractivity (Wildman–Crippen MR) is 54.6 cm³/mol. The third-order valence-corrected chi connectivity index (χ3v) is 2.15. The molecule has 0 aliphatic heterocycles. The number of carbonyl (C=O) groups is 1. The maximum absolute atomic E-state index is 12.0. The number of pyridine rings is 1. The third-order valence-electron chi connectivity index (χ3n) is 1.89. The van der Waals surface area contributed by atoms with E-state index in [1.54, 1.807) is 0 Å². The number of H-pyrrole nitrogens is 1. The summed E-state index contributed by atoms with van der Waals surface area (Å²) in [6, 6.07) is 0.566. The van der Waals surface area contributed by atoms with Crippen molar-refractivity contribution in [3.8, 4) is 5.88 Å². The average molecular weight is 286 g/mol. The van der Waals surface area contributed by atoms with Crippen molar-refractivity contribution >= 4 is 17.6 Å². The first-order chi connectivity index (χ1) is 8.23. The molecule has 1 heterocycles. The maximum Gasteiger partial charge on any atom is 0.574 e. The van der Waals surface area contributed by atoms with Crippen LogP contribution in [-0.4, -0.2) is 22.4 Å². The molecule has 0 bridgehead atoms. The number of carboxylic acids is 1. The summed E-state index contributed by atoms with van der Waals surface area (Å²) in [5.41, 5.74) is -1.14. The lowest BCUT2D eigenvalue weighted by atomic mass is 10.1. The van der Waals surface area contributed by atoms with E-state index in [2.05, 4.69) is 9.72 Å². The fraction of sp³-hybridized carbons (Fsp3) is 0.333. The quantitative estimate of drug-likeness (QED) is 0.824. The van der Waals surface area contributed by atoms with E-state index in [0.29, 0.717) is 6.07 Å². The molecule has 18 heavy (non-hydrogen) atoms. The zero-order valence-electron chi connectivity index (χ0n) is 8.68. The first-order valence-corrected chi connectivity index (χ1v) is 5.05. The molecule has 5 nitrogen and oxygen atoms in total. The molecule has 1 aromatic rings. The molecule has 0 fully saturated rings. The second kappa shape index (κ2) is 5.30.